The van der Waals surface area contributed by atoms with Gasteiger partial charge in [-0.1, -0.05) is 12.1 Å². The van der Waals surface area contributed by atoms with Gasteiger partial charge in [-0.05, 0) is 37.5 Å². The Labute approximate surface area is 107 Å². The lowest BCUT2D eigenvalue weighted by molar-refractivity contribution is -0.123. The van der Waals surface area contributed by atoms with Gasteiger partial charge in [0, 0.05) is 12.6 Å². The van der Waals surface area contributed by atoms with Crippen molar-refractivity contribution in [3.8, 4) is 5.75 Å². The van der Waals surface area contributed by atoms with Gasteiger partial charge in [-0.25, -0.2) is 0 Å². The van der Waals surface area contributed by atoms with E-state index in [-0.39, 0.29) is 17.7 Å². The summed E-state index contributed by atoms with van der Waals surface area (Å²) in [5, 5.41) is 12.3. The van der Waals surface area contributed by atoms with Crippen LogP contribution in [0.2, 0.25) is 0 Å². The van der Waals surface area contributed by atoms with Crippen LogP contribution in [0.3, 0.4) is 0 Å². The molecular weight excluding hydrogens is 230 g/mol. The van der Waals surface area contributed by atoms with Crippen molar-refractivity contribution in [3.63, 3.8) is 0 Å². The predicted octanol–water partition coefficient (Wildman–Crippen LogP) is 1.62. The van der Waals surface area contributed by atoms with Crippen molar-refractivity contribution in [1.82, 2.24) is 5.32 Å². The number of hydrogen-bond acceptors (Lipinski definition) is 3. The molecule has 2 rings (SSSR count). The van der Waals surface area contributed by atoms with Gasteiger partial charge in [-0.2, -0.15) is 0 Å². The molecule has 0 saturated heterocycles. The Morgan fingerprint density at radius 3 is 2.94 bits per heavy atom. The molecule has 0 aromatic heterocycles. The third kappa shape index (κ3) is 3.47. The highest BCUT2D eigenvalue weighted by Gasteiger charge is 2.30. The summed E-state index contributed by atoms with van der Waals surface area (Å²) in [7, 11) is 0. The van der Waals surface area contributed by atoms with E-state index in [0.717, 1.165) is 25.0 Å². The lowest BCUT2D eigenvalue weighted by Gasteiger charge is -2.35. The standard InChI is InChI=1S/C14H19NO3/c1-2-18-13-8-11(9-13)15-14(17)7-10-4-3-5-12(16)6-10/h3-6,11,13,16H,2,7-9H2,1H3,(H,15,17). The molecule has 0 atom stereocenters. The lowest BCUT2D eigenvalue weighted by atomic mass is 9.89. The molecule has 1 aromatic rings. The van der Waals surface area contributed by atoms with Crippen molar-refractivity contribution < 1.29 is 14.6 Å². The normalized spacial score (nSPS) is 22.3. The highest BCUT2D eigenvalue weighted by Crippen LogP contribution is 2.23. The molecular formula is C14H19NO3. The maximum Gasteiger partial charge on any atom is 0.224 e. The second kappa shape index (κ2) is 5.87. The molecule has 0 spiro atoms. The van der Waals surface area contributed by atoms with Gasteiger partial charge in [-0.3, -0.25) is 4.79 Å². The summed E-state index contributed by atoms with van der Waals surface area (Å²) in [6.45, 7) is 2.71. The van der Waals surface area contributed by atoms with Crippen molar-refractivity contribution >= 4 is 5.91 Å². The third-order valence-corrected chi connectivity index (χ3v) is 3.14. The van der Waals surface area contributed by atoms with Crippen LogP contribution in [-0.2, 0) is 16.0 Å². The molecule has 0 aliphatic heterocycles. The molecule has 1 aromatic carbocycles. The number of benzene rings is 1. The van der Waals surface area contributed by atoms with Crippen molar-refractivity contribution in [2.24, 2.45) is 0 Å². The summed E-state index contributed by atoms with van der Waals surface area (Å²) < 4.78 is 5.44. The molecule has 0 bridgehead atoms. The number of nitrogens with one attached hydrogen (secondary N) is 1. The fourth-order valence-corrected chi connectivity index (χ4v) is 2.19. The summed E-state index contributed by atoms with van der Waals surface area (Å²) >= 11 is 0. The van der Waals surface area contributed by atoms with Gasteiger partial charge in [-0.15, -0.1) is 0 Å². The summed E-state index contributed by atoms with van der Waals surface area (Å²) in [6, 6.07) is 7.03. The lowest BCUT2D eigenvalue weighted by Crippen LogP contribution is -2.48. The van der Waals surface area contributed by atoms with Gasteiger partial charge in [0.25, 0.3) is 0 Å². The van der Waals surface area contributed by atoms with E-state index in [0.29, 0.717) is 12.5 Å². The van der Waals surface area contributed by atoms with Crippen LogP contribution in [0.25, 0.3) is 0 Å². The van der Waals surface area contributed by atoms with E-state index in [4.69, 9.17) is 4.74 Å². The quantitative estimate of drug-likeness (QED) is 0.833. The Morgan fingerprint density at radius 2 is 2.28 bits per heavy atom. The first-order valence-corrected chi connectivity index (χ1v) is 6.36. The zero-order chi connectivity index (χ0) is 13.0. The van der Waals surface area contributed by atoms with Crippen LogP contribution in [-0.4, -0.2) is 29.8 Å². The number of carbonyl (C=O) groups excluding carboxylic acids is 1. The van der Waals surface area contributed by atoms with Crippen LogP contribution in [0.4, 0.5) is 0 Å². The van der Waals surface area contributed by atoms with Crippen molar-refractivity contribution in [1.29, 1.82) is 0 Å². The van der Waals surface area contributed by atoms with E-state index in [9.17, 15) is 9.90 Å². The Kier molecular flexibility index (Phi) is 4.20. The molecule has 4 nitrogen and oxygen atoms in total. The second-order valence-electron chi connectivity index (χ2n) is 4.66. The van der Waals surface area contributed by atoms with Crippen LogP contribution in [0.5, 0.6) is 5.75 Å². The van der Waals surface area contributed by atoms with Crippen molar-refractivity contribution in [3.05, 3.63) is 29.8 Å². The minimum atomic E-state index is 0.000508. The van der Waals surface area contributed by atoms with Gasteiger partial charge in [0.1, 0.15) is 5.75 Å². The number of phenolic OH excluding ortho intramolecular Hbond substituents is 1. The third-order valence-electron chi connectivity index (χ3n) is 3.14. The summed E-state index contributed by atoms with van der Waals surface area (Å²) in [5.74, 6) is 0.195. The molecule has 0 radical (unpaired) electrons. The van der Waals surface area contributed by atoms with Crippen molar-refractivity contribution in [2.75, 3.05) is 6.61 Å². The molecule has 2 N–H and O–H groups in total. The molecule has 18 heavy (non-hydrogen) atoms. The fraction of sp³-hybridized carbons (Fsp3) is 0.500. The molecule has 0 heterocycles. The second-order valence-corrected chi connectivity index (χ2v) is 4.66. The van der Waals surface area contributed by atoms with Crippen LogP contribution >= 0.6 is 0 Å². The Morgan fingerprint density at radius 1 is 1.50 bits per heavy atom. The molecule has 1 amide bonds. The van der Waals surface area contributed by atoms with Gasteiger partial charge < -0.3 is 15.2 Å². The Balaban J connectivity index is 1.73. The highest BCUT2D eigenvalue weighted by molar-refractivity contribution is 5.79. The van der Waals surface area contributed by atoms with E-state index < -0.39 is 0 Å². The Bertz CT molecular complexity index is 413. The van der Waals surface area contributed by atoms with Crippen LogP contribution in [0.15, 0.2) is 24.3 Å². The number of carbonyl (C=O) groups is 1. The maximum atomic E-state index is 11.8. The smallest absolute Gasteiger partial charge is 0.224 e. The van der Waals surface area contributed by atoms with E-state index >= 15 is 0 Å². The summed E-state index contributed by atoms with van der Waals surface area (Å²) in [5.41, 5.74) is 0.827. The first kappa shape index (κ1) is 12.9. The molecule has 0 unspecified atom stereocenters. The minimum absolute atomic E-state index is 0.000508. The molecule has 1 aliphatic rings. The number of hydrogen-bond donors (Lipinski definition) is 2. The predicted molar refractivity (Wildman–Crippen MR) is 68.4 cm³/mol. The first-order chi connectivity index (χ1) is 8.67. The average Bonchev–Trinajstić information content (AvgIpc) is 2.26. The van der Waals surface area contributed by atoms with Gasteiger partial charge in [0.05, 0.1) is 12.5 Å². The van der Waals surface area contributed by atoms with E-state index in [1.807, 2.05) is 13.0 Å². The molecule has 1 saturated carbocycles. The topological polar surface area (TPSA) is 58.6 Å². The number of phenols is 1. The van der Waals surface area contributed by atoms with Gasteiger partial charge in [0.2, 0.25) is 5.91 Å². The van der Waals surface area contributed by atoms with Crippen molar-refractivity contribution in [2.45, 2.75) is 38.3 Å². The first-order valence-electron chi connectivity index (χ1n) is 6.36. The molecule has 1 fully saturated rings. The van der Waals surface area contributed by atoms with E-state index in [1.54, 1.807) is 18.2 Å². The molecule has 1 aliphatic carbocycles. The Hall–Kier alpha value is -1.55. The van der Waals surface area contributed by atoms with Crippen LogP contribution in [0.1, 0.15) is 25.3 Å². The number of amides is 1. The van der Waals surface area contributed by atoms with E-state index in [2.05, 4.69) is 5.32 Å². The van der Waals surface area contributed by atoms with Gasteiger partial charge in [0.15, 0.2) is 0 Å². The monoisotopic (exact) mass is 249 g/mol. The summed E-state index contributed by atoms with van der Waals surface area (Å²) in [4.78, 5) is 11.8. The molecule has 4 heteroatoms. The van der Waals surface area contributed by atoms with Gasteiger partial charge >= 0.3 is 0 Å². The summed E-state index contributed by atoms with van der Waals surface area (Å²) in [6.07, 6.45) is 2.42. The zero-order valence-electron chi connectivity index (χ0n) is 10.6. The fourth-order valence-electron chi connectivity index (χ4n) is 2.19. The SMILES string of the molecule is CCOC1CC(NC(=O)Cc2cccc(O)c2)C1. The largest absolute Gasteiger partial charge is 0.508 e. The number of ether oxygens (including phenoxy) is 1. The number of rotatable bonds is 5. The van der Waals surface area contributed by atoms with Crippen LogP contribution < -0.4 is 5.32 Å². The number of aromatic hydroxyl groups is 1. The zero-order valence-corrected chi connectivity index (χ0v) is 10.6. The van der Waals surface area contributed by atoms with Crippen LogP contribution in [0, 0.1) is 0 Å². The minimum Gasteiger partial charge on any atom is -0.508 e. The molecule has 98 valence electrons. The highest BCUT2D eigenvalue weighted by atomic mass is 16.5. The average molecular weight is 249 g/mol. The van der Waals surface area contributed by atoms with E-state index in [1.165, 1.54) is 0 Å². The maximum absolute atomic E-state index is 11.8.